The van der Waals surface area contributed by atoms with Crippen molar-refractivity contribution in [3.8, 4) is 5.75 Å². The maximum absolute atomic E-state index is 11.7. The van der Waals surface area contributed by atoms with Crippen LogP contribution in [0.15, 0.2) is 24.3 Å². The molecule has 27 heavy (non-hydrogen) atoms. The first-order valence-electron chi connectivity index (χ1n) is 9.34. The molecule has 0 aliphatic carbocycles. The predicted octanol–water partition coefficient (Wildman–Crippen LogP) is 0.897. The smallest absolute Gasteiger partial charge is 0.251 e. The summed E-state index contributed by atoms with van der Waals surface area (Å²) in [6.07, 6.45) is 4.40. The number of hydrogen-bond acceptors (Lipinski definition) is 5. The Labute approximate surface area is 162 Å². The van der Waals surface area contributed by atoms with E-state index in [-0.39, 0.29) is 24.7 Å². The number of amides is 1. The Morgan fingerprint density at radius 2 is 1.70 bits per heavy atom. The molecule has 1 aromatic carbocycles. The Balaban J connectivity index is 0.000000821. The van der Waals surface area contributed by atoms with E-state index in [9.17, 15) is 19.8 Å². The average molecular weight is 383 g/mol. The minimum absolute atomic E-state index is 0.0746. The van der Waals surface area contributed by atoms with E-state index in [0.29, 0.717) is 18.5 Å². The maximum Gasteiger partial charge on any atom is 0.251 e. The van der Waals surface area contributed by atoms with Gasteiger partial charge in [0.05, 0.1) is 27.7 Å². The number of carbonyl (C=O) groups excluding carboxylic acids is 2. The summed E-state index contributed by atoms with van der Waals surface area (Å²) in [5, 5.41) is 30.6. The molecular formula is C20H34N2O5. The summed E-state index contributed by atoms with van der Waals surface area (Å²) in [5.74, 6) is -1.12. The number of aliphatic carboxylic acids is 1. The molecular weight excluding hydrogens is 348 g/mol. The fraction of sp³-hybridized carbons (Fsp3) is 0.600. The van der Waals surface area contributed by atoms with Crippen LogP contribution in [0.2, 0.25) is 0 Å². The molecule has 7 nitrogen and oxygen atoms in total. The Morgan fingerprint density at radius 1 is 1.07 bits per heavy atom. The van der Waals surface area contributed by atoms with Crippen LogP contribution in [-0.4, -0.2) is 67.4 Å². The molecule has 0 spiro atoms. The molecule has 0 aliphatic rings. The molecule has 0 radical (unpaired) electrons. The zero-order chi connectivity index (χ0) is 20.7. The second-order valence-corrected chi connectivity index (χ2v) is 7.43. The van der Waals surface area contributed by atoms with Gasteiger partial charge in [-0.15, -0.1) is 0 Å². The van der Waals surface area contributed by atoms with Crippen LogP contribution in [0, 0.1) is 0 Å². The van der Waals surface area contributed by atoms with E-state index < -0.39 is 5.97 Å². The molecule has 154 valence electrons. The molecule has 0 unspecified atom stereocenters. The van der Waals surface area contributed by atoms with E-state index in [1.807, 2.05) is 0 Å². The van der Waals surface area contributed by atoms with E-state index in [0.717, 1.165) is 36.7 Å². The number of unbranched alkanes of at least 4 members (excludes halogenated alkanes) is 4. The van der Waals surface area contributed by atoms with Gasteiger partial charge in [0.2, 0.25) is 0 Å². The summed E-state index contributed by atoms with van der Waals surface area (Å²) in [7, 11) is 6.16. The highest BCUT2D eigenvalue weighted by Crippen LogP contribution is 2.10. The average Bonchev–Trinajstić information content (AvgIpc) is 2.56. The number of quaternary nitrogens is 1. The number of aromatic hydroxyl groups is 1. The fourth-order valence-electron chi connectivity index (χ4n) is 2.18. The predicted molar refractivity (Wildman–Crippen MR) is 103 cm³/mol. The molecule has 1 rings (SSSR count). The van der Waals surface area contributed by atoms with Gasteiger partial charge in [0.1, 0.15) is 12.3 Å². The van der Waals surface area contributed by atoms with Gasteiger partial charge in [0, 0.05) is 18.1 Å². The van der Waals surface area contributed by atoms with Gasteiger partial charge in [-0.1, -0.05) is 25.3 Å². The van der Waals surface area contributed by atoms with Gasteiger partial charge in [0.25, 0.3) is 5.91 Å². The first kappa shape index (κ1) is 24.9. The third-order valence-corrected chi connectivity index (χ3v) is 3.72. The van der Waals surface area contributed by atoms with E-state index in [1.165, 1.54) is 12.1 Å². The number of likely N-dealkylation sites (N-methyl/N-ethyl adjacent to an activating group) is 1. The van der Waals surface area contributed by atoms with Crippen molar-refractivity contribution in [2.75, 3.05) is 40.8 Å². The van der Waals surface area contributed by atoms with Crippen molar-refractivity contribution in [3.63, 3.8) is 0 Å². The lowest BCUT2D eigenvalue weighted by Crippen LogP contribution is -2.36. The van der Waals surface area contributed by atoms with E-state index in [2.05, 4.69) is 26.5 Å². The van der Waals surface area contributed by atoms with Crippen LogP contribution in [0.1, 0.15) is 48.9 Å². The van der Waals surface area contributed by atoms with Crippen LogP contribution in [0.4, 0.5) is 0 Å². The Kier molecular flexibility index (Phi) is 12.9. The molecule has 1 amide bonds. The number of benzene rings is 1. The van der Waals surface area contributed by atoms with E-state index >= 15 is 0 Å². The molecule has 0 aliphatic heterocycles. The first-order chi connectivity index (χ1) is 12.7. The summed E-state index contributed by atoms with van der Waals surface area (Å²) < 4.78 is 0.844. The number of rotatable bonds is 11. The molecule has 0 fully saturated rings. The van der Waals surface area contributed by atoms with Crippen LogP contribution >= 0.6 is 0 Å². The van der Waals surface area contributed by atoms with Crippen LogP contribution in [0.3, 0.4) is 0 Å². The largest absolute Gasteiger partial charge is 0.550 e. The fourth-order valence-corrected chi connectivity index (χ4v) is 2.18. The minimum atomic E-state index is -0.997. The third kappa shape index (κ3) is 15.8. The first-order valence-corrected chi connectivity index (χ1v) is 9.34. The van der Waals surface area contributed by atoms with Gasteiger partial charge >= 0.3 is 0 Å². The topological polar surface area (TPSA) is 110 Å². The summed E-state index contributed by atoms with van der Waals surface area (Å²) in [6, 6.07) is 6.22. The van der Waals surface area contributed by atoms with Crippen molar-refractivity contribution in [2.45, 2.75) is 38.5 Å². The van der Waals surface area contributed by atoms with E-state index in [4.69, 9.17) is 5.11 Å². The molecule has 0 heterocycles. The number of phenols is 1. The number of hydrogen-bond donors (Lipinski definition) is 3. The summed E-state index contributed by atoms with van der Waals surface area (Å²) in [6.45, 7) is 1.69. The molecule has 0 atom stereocenters. The number of carboxylic acid groups (broad SMARTS) is 1. The molecule has 0 aromatic heterocycles. The van der Waals surface area contributed by atoms with Crippen molar-refractivity contribution >= 4 is 11.9 Å². The third-order valence-electron chi connectivity index (χ3n) is 3.72. The number of nitrogens with one attached hydrogen (secondary N) is 1. The SMILES string of the molecule is C[N+](C)(C)CCO.O=C([O-])CCCCCCCNC(=O)c1cccc(O)c1. The van der Waals surface area contributed by atoms with Gasteiger partial charge < -0.3 is 29.9 Å². The number of carboxylic acids is 1. The number of nitrogens with zero attached hydrogens (tertiary/aromatic N) is 1. The summed E-state index contributed by atoms with van der Waals surface area (Å²) >= 11 is 0. The van der Waals surface area contributed by atoms with Crippen molar-refractivity contribution in [1.29, 1.82) is 0 Å². The lowest BCUT2D eigenvalue weighted by Gasteiger charge is -2.21. The molecule has 7 heteroatoms. The van der Waals surface area contributed by atoms with Gasteiger partial charge in [0.15, 0.2) is 0 Å². The van der Waals surface area contributed by atoms with Gasteiger partial charge in [-0.3, -0.25) is 4.79 Å². The lowest BCUT2D eigenvalue weighted by molar-refractivity contribution is -0.870. The Morgan fingerprint density at radius 3 is 2.22 bits per heavy atom. The van der Waals surface area contributed by atoms with Crippen LogP contribution < -0.4 is 10.4 Å². The zero-order valence-corrected chi connectivity index (χ0v) is 16.7. The highest BCUT2D eigenvalue weighted by molar-refractivity contribution is 5.94. The highest BCUT2D eigenvalue weighted by Gasteiger charge is 2.04. The maximum atomic E-state index is 11.7. The second kappa shape index (κ2) is 14.0. The molecule has 0 saturated carbocycles. The number of aliphatic hydroxyl groups is 1. The van der Waals surface area contributed by atoms with E-state index in [1.54, 1.807) is 12.1 Å². The van der Waals surface area contributed by atoms with Gasteiger partial charge in [-0.25, -0.2) is 0 Å². The second-order valence-electron chi connectivity index (χ2n) is 7.43. The number of carbonyl (C=O) groups is 2. The van der Waals surface area contributed by atoms with Crippen molar-refractivity contribution in [1.82, 2.24) is 5.32 Å². The van der Waals surface area contributed by atoms with Crippen LogP contribution in [0.5, 0.6) is 5.75 Å². The zero-order valence-electron chi connectivity index (χ0n) is 16.7. The number of aliphatic hydroxyl groups excluding tert-OH is 1. The van der Waals surface area contributed by atoms with Crippen molar-refractivity contribution in [3.05, 3.63) is 29.8 Å². The van der Waals surface area contributed by atoms with Gasteiger partial charge in [-0.05, 0) is 37.5 Å². The van der Waals surface area contributed by atoms with Gasteiger partial charge in [-0.2, -0.15) is 0 Å². The minimum Gasteiger partial charge on any atom is -0.550 e. The van der Waals surface area contributed by atoms with Crippen molar-refractivity contribution in [2.24, 2.45) is 0 Å². The molecule has 0 saturated heterocycles. The molecule has 3 N–H and O–H groups in total. The van der Waals surface area contributed by atoms with Crippen molar-refractivity contribution < 1.29 is 29.4 Å². The summed E-state index contributed by atoms with van der Waals surface area (Å²) in [4.78, 5) is 21.9. The number of phenolic OH excluding ortho intramolecular Hbond substituents is 1. The Hall–Kier alpha value is -2.12. The normalized spacial score (nSPS) is 10.7. The molecule has 0 bridgehead atoms. The highest BCUT2D eigenvalue weighted by atomic mass is 16.4. The lowest BCUT2D eigenvalue weighted by atomic mass is 10.1. The Bertz CT molecular complexity index is 556. The standard InChI is InChI=1S/C15H21NO4.C5H14NO/c17-13-8-6-7-12(11-13)15(20)16-10-5-3-1-2-4-9-14(18)19;1-6(2,3)4-5-7/h6-8,11,17H,1-5,9-10H2,(H,16,20)(H,18,19);7H,4-5H2,1-3H3/q;+1/p-1. The molecule has 1 aromatic rings. The van der Waals surface area contributed by atoms with Crippen LogP contribution in [-0.2, 0) is 4.79 Å². The summed E-state index contributed by atoms with van der Waals surface area (Å²) in [5.41, 5.74) is 0.443. The quantitative estimate of drug-likeness (QED) is 0.389. The van der Waals surface area contributed by atoms with Crippen LogP contribution in [0.25, 0.3) is 0 Å². The monoisotopic (exact) mass is 382 g/mol.